The predicted octanol–water partition coefficient (Wildman–Crippen LogP) is 2.49. The van der Waals surface area contributed by atoms with Crippen LogP contribution in [0.3, 0.4) is 0 Å². The molecule has 3 aromatic rings. The van der Waals surface area contributed by atoms with Crippen molar-refractivity contribution in [2.24, 2.45) is 0 Å². The lowest BCUT2D eigenvalue weighted by molar-refractivity contribution is 0.0940. The molecule has 7 heteroatoms. The van der Waals surface area contributed by atoms with Crippen molar-refractivity contribution >= 4 is 5.91 Å². The lowest BCUT2D eigenvalue weighted by Crippen LogP contribution is -2.26. The third-order valence-corrected chi connectivity index (χ3v) is 4.06. The first-order chi connectivity index (χ1) is 12.2. The molecule has 1 aliphatic rings. The minimum Gasteiger partial charge on any atom is -0.454 e. The molecule has 1 unspecified atom stereocenters. The van der Waals surface area contributed by atoms with Crippen LogP contribution in [-0.4, -0.2) is 27.5 Å². The Bertz CT molecular complexity index is 891. The Balaban J connectivity index is 1.46. The van der Waals surface area contributed by atoms with E-state index in [1.807, 2.05) is 37.3 Å². The monoisotopic (exact) mass is 336 g/mol. The van der Waals surface area contributed by atoms with E-state index in [0.717, 1.165) is 17.0 Å². The van der Waals surface area contributed by atoms with Gasteiger partial charge in [0.1, 0.15) is 12.7 Å². The number of benzene rings is 2. The fraction of sp³-hybridized carbons (Fsp3) is 0.167. The van der Waals surface area contributed by atoms with Crippen molar-refractivity contribution in [3.8, 4) is 17.2 Å². The molecule has 1 atom stereocenters. The molecule has 4 rings (SSSR count). The second kappa shape index (κ2) is 6.27. The van der Waals surface area contributed by atoms with Crippen LogP contribution in [0.2, 0.25) is 0 Å². The number of carbonyl (C=O) groups excluding carboxylic acids is 1. The van der Waals surface area contributed by atoms with E-state index >= 15 is 0 Å². The maximum absolute atomic E-state index is 12.5. The van der Waals surface area contributed by atoms with Gasteiger partial charge in [0.2, 0.25) is 6.79 Å². The second-order valence-corrected chi connectivity index (χ2v) is 5.69. The molecular formula is C18H16N4O3. The number of rotatable bonds is 4. The smallest absolute Gasteiger partial charge is 0.251 e. The highest BCUT2D eigenvalue weighted by molar-refractivity contribution is 5.94. The number of nitrogens with one attached hydrogen (secondary N) is 1. The van der Waals surface area contributed by atoms with E-state index in [9.17, 15) is 4.79 Å². The van der Waals surface area contributed by atoms with Crippen LogP contribution in [-0.2, 0) is 0 Å². The maximum atomic E-state index is 12.5. The van der Waals surface area contributed by atoms with Crippen LogP contribution in [0.15, 0.2) is 55.1 Å². The summed E-state index contributed by atoms with van der Waals surface area (Å²) in [5, 5.41) is 7.05. The Hall–Kier alpha value is -3.35. The molecule has 0 spiro atoms. The molecule has 126 valence electrons. The van der Waals surface area contributed by atoms with Gasteiger partial charge in [0.15, 0.2) is 11.5 Å². The van der Waals surface area contributed by atoms with Gasteiger partial charge in [-0.2, -0.15) is 5.10 Å². The number of hydrogen-bond acceptors (Lipinski definition) is 5. The van der Waals surface area contributed by atoms with Gasteiger partial charge in [-0.1, -0.05) is 6.07 Å². The van der Waals surface area contributed by atoms with E-state index in [4.69, 9.17) is 9.47 Å². The van der Waals surface area contributed by atoms with Gasteiger partial charge in [-0.15, -0.1) is 0 Å². The van der Waals surface area contributed by atoms with Gasteiger partial charge >= 0.3 is 0 Å². The zero-order valence-corrected chi connectivity index (χ0v) is 13.5. The van der Waals surface area contributed by atoms with Crippen molar-refractivity contribution in [1.82, 2.24) is 20.1 Å². The summed E-state index contributed by atoms with van der Waals surface area (Å²) in [6.45, 7) is 2.16. The molecule has 0 saturated heterocycles. The quantitative estimate of drug-likeness (QED) is 0.792. The summed E-state index contributed by atoms with van der Waals surface area (Å²) in [4.78, 5) is 16.4. The summed E-state index contributed by atoms with van der Waals surface area (Å²) in [6.07, 6.45) is 3.07. The highest BCUT2D eigenvalue weighted by Crippen LogP contribution is 2.34. The first-order valence-corrected chi connectivity index (χ1v) is 7.86. The molecule has 0 bridgehead atoms. The summed E-state index contributed by atoms with van der Waals surface area (Å²) >= 11 is 0. The van der Waals surface area contributed by atoms with Gasteiger partial charge in [-0.3, -0.25) is 4.79 Å². The Morgan fingerprint density at radius 2 is 1.96 bits per heavy atom. The Morgan fingerprint density at radius 1 is 1.16 bits per heavy atom. The van der Waals surface area contributed by atoms with E-state index < -0.39 is 0 Å². The number of carbonyl (C=O) groups is 1. The molecule has 0 radical (unpaired) electrons. The molecular weight excluding hydrogens is 320 g/mol. The number of aromatic nitrogens is 3. The van der Waals surface area contributed by atoms with Crippen LogP contribution < -0.4 is 14.8 Å². The number of hydrogen-bond donors (Lipinski definition) is 1. The van der Waals surface area contributed by atoms with Crippen LogP contribution in [0, 0.1) is 0 Å². The van der Waals surface area contributed by atoms with Crippen molar-refractivity contribution in [1.29, 1.82) is 0 Å². The van der Waals surface area contributed by atoms with Crippen LogP contribution in [0.25, 0.3) is 5.69 Å². The van der Waals surface area contributed by atoms with E-state index in [0.29, 0.717) is 11.3 Å². The molecule has 0 aliphatic carbocycles. The average Bonchev–Trinajstić information content (AvgIpc) is 3.32. The van der Waals surface area contributed by atoms with Crippen LogP contribution in [0.4, 0.5) is 0 Å². The second-order valence-electron chi connectivity index (χ2n) is 5.69. The predicted molar refractivity (Wildman–Crippen MR) is 89.8 cm³/mol. The Morgan fingerprint density at radius 3 is 2.72 bits per heavy atom. The van der Waals surface area contributed by atoms with Crippen molar-refractivity contribution in [2.45, 2.75) is 13.0 Å². The Kier molecular flexibility index (Phi) is 3.81. The number of fused-ring (bicyclic) bond motifs is 1. The topological polar surface area (TPSA) is 78.3 Å². The maximum Gasteiger partial charge on any atom is 0.251 e. The molecule has 1 aromatic heterocycles. The standard InChI is InChI=1S/C18H16N4O3/c1-12(14-4-7-16-17(8-14)25-11-24-16)21-18(23)13-2-5-15(6-3-13)22-10-19-9-20-22/h2-10,12H,11H2,1H3,(H,21,23). The van der Waals surface area contributed by atoms with E-state index in [2.05, 4.69) is 15.4 Å². The number of ether oxygens (including phenoxy) is 2. The lowest BCUT2D eigenvalue weighted by Gasteiger charge is -2.15. The molecule has 2 heterocycles. The van der Waals surface area contributed by atoms with Gasteiger partial charge in [0, 0.05) is 5.56 Å². The molecule has 7 nitrogen and oxygen atoms in total. The molecule has 0 fully saturated rings. The van der Waals surface area contributed by atoms with Gasteiger partial charge in [0.05, 0.1) is 11.7 Å². The number of amides is 1. The molecule has 1 aliphatic heterocycles. The third kappa shape index (κ3) is 3.03. The van der Waals surface area contributed by atoms with Crippen LogP contribution in [0.1, 0.15) is 28.9 Å². The normalized spacial score (nSPS) is 13.5. The minimum atomic E-state index is -0.156. The van der Waals surface area contributed by atoms with Crippen molar-refractivity contribution in [2.75, 3.05) is 6.79 Å². The minimum absolute atomic E-state index is 0.143. The summed E-state index contributed by atoms with van der Waals surface area (Å²) < 4.78 is 12.3. The summed E-state index contributed by atoms with van der Waals surface area (Å²) in [5.41, 5.74) is 2.38. The first-order valence-electron chi connectivity index (χ1n) is 7.86. The van der Waals surface area contributed by atoms with E-state index in [-0.39, 0.29) is 18.7 Å². The third-order valence-electron chi connectivity index (χ3n) is 4.06. The van der Waals surface area contributed by atoms with Crippen molar-refractivity contribution in [3.05, 3.63) is 66.2 Å². The molecule has 2 aromatic carbocycles. The van der Waals surface area contributed by atoms with Crippen molar-refractivity contribution < 1.29 is 14.3 Å². The average molecular weight is 336 g/mol. The van der Waals surface area contributed by atoms with Gasteiger partial charge in [-0.05, 0) is 48.9 Å². The van der Waals surface area contributed by atoms with Gasteiger partial charge in [0.25, 0.3) is 5.91 Å². The van der Waals surface area contributed by atoms with E-state index in [1.165, 1.54) is 6.33 Å². The van der Waals surface area contributed by atoms with Gasteiger partial charge < -0.3 is 14.8 Å². The summed E-state index contributed by atoms with van der Waals surface area (Å²) in [6, 6.07) is 12.7. The molecule has 0 saturated carbocycles. The fourth-order valence-electron chi connectivity index (χ4n) is 2.65. The fourth-order valence-corrected chi connectivity index (χ4v) is 2.65. The van der Waals surface area contributed by atoms with E-state index in [1.54, 1.807) is 23.1 Å². The SMILES string of the molecule is CC(NC(=O)c1ccc(-n2cncn2)cc1)c1ccc2c(c1)OCO2. The summed E-state index contributed by atoms with van der Waals surface area (Å²) in [7, 11) is 0. The Labute approximate surface area is 144 Å². The highest BCUT2D eigenvalue weighted by Gasteiger charge is 2.17. The largest absolute Gasteiger partial charge is 0.454 e. The molecule has 1 N–H and O–H groups in total. The zero-order chi connectivity index (χ0) is 17.2. The zero-order valence-electron chi connectivity index (χ0n) is 13.5. The summed E-state index contributed by atoms with van der Waals surface area (Å²) in [5.74, 6) is 1.29. The first kappa shape index (κ1) is 15.2. The number of nitrogens with zero attached hydrogens (tertiary/aromatic N) is 3. The van der Waals surface area contributed by atoms with Crippen LogP contribution in [0.5, 0.6) is 11.5 Å². The van der Waals surface area contributed by atoms with Crippen LogP contribution >= 0.6 is 0 Å². The molecule has 25 heavy (non-hydrogen) atoms. The molecule has 1 amide bonds. The highest BCUT2D eigenvalue weighted by atomic mass is 16.7. The van der Waals surface area contributed by atoms with Crippen molar-refractivity contribution in [3.63, 3.8) is 0 Å². The van der Waals surface area contributed by atoms with Gasteiger partial charge in [-0.25, -0.2) is 9.67 Å². The lowest BCUT2D eigenvalue weighted by atomic mass is 10.1.